The van der Waals surface area contributed by atoms with Gasteiger partial charge in [0.05, 0.1) is 12.0 Å². The number of nitrogens with two attached hydrogens (primary N) is 1. The van der Waals surface area contributed by atoms with E-state index in [9.17, 15) is 13.2 Å². The summed E-state index contributed by atoms with van der Waals surface area (Å²) < 4.78 is 38.4. The van der Waals surface area contributed by atoms with Gasteiger partial charge in [-0.1, -0.05) is 12.1 Å². The molecule has 2 nitrogen and oxygen atoms in total. The Labute approximate surface area is 97.3 Å². The van der Waals surface area contributed by atoms with Crippen molar-refractivity contribution in [3.63, 3.8) is 0 Å². The lowest BCUT2D eigenvalue weighted by molar-refractivity contribution is -0.209. The van der Waals surface area contributed by atoms with Gasteiger partial charge in [-0.2, -0.15) is 13.2 Å². The van der Waals surface area contributed by atoms with E-state index < -0.39 is 11.6 Å². The van der Waals surface area contributed by atoms with E-state index in [2.05, 4.69) is 4.99 Å². The molecular weight excluding hydrogens is 229 g/mol. The van der Waals surface area contributed by atoms with Gasteiger partial charge in [-0.25, -0.2) is 0 Å². The molecule has 0 aliphatic carbocycles. The third-order valence-electron chi connectivity index (χ3n) is 3.10. The number of nitrogens with zero attached hydrogens (tertiary/aromatic N) is 1. The van der Waals surface area contributed by atoms with Crippen molar-refractivity contribution in [2.45, 2.75) is 19.5 Å². The maximum absolute atomic E-state index is 12.8. The third-order valence-corrected chi connectivity index (χ3v) is 3.10. The first kappa shape index (κ1) is 12.0. The Morgan fingerprint density at radius 3 is 2.29 bits per heavy atom. The molecule has 2 rings (SSSR count). The number of benzene rings is 1. The van der Waals surface area contributed by atoms with Crippen molar-refractivity contribution in [3.05, 3.63) is 29.8 Å². The molecule has 1 aromatic rings. The molecule has 1 aromatic carbocycles. The lowest BCUT2D eigenvalue weighted by Gasteiger charge is -2.25. The van der Waals surface area contributed by atoms with Crippen LogP contribution in [0.15, 0.2) is 29.3 Å². The summed E-state index contributed by atoms with van der Waals surface area (Å²) in [6.45, 7) is 1.01. The molecule has 17 heavy (non-hydrogen) atoms. The first-order chi connectivity index (χ1) is 7.82. The molecule has 0 radical (unpaired) electrons. The van der Waals surface area contributed by atoms with Crippen LogP contribution in [0.5, 0.6) is 0 Å². The van der Waals surface area contributed by atoms with E-state index in [1.54, 1.807) is 24.3 Å². The number of rotatable bonds is 1. The van der Waals surface area contributed by atoms with Gasteiger partial charge in [0.25, 0.3) is 0 Å². The maximum Gasteiger partial charge on any atom is 0.396 e. The van der Waals surface area contributed by atoms with Crippen LogP contribution >= 0.6 is 0 Å². The zero-order valence-corrected chi connectivity index (χ0v) is 9.38. The predicted octanol–water partition coefficient (Wildman–Crippen LogP) is 3.03. The predicted molar refractivity (Wildman–Crippen MR) is 61.0 cm³/mol. The second kappa shape index (κ2) is 3.75. The lowest BCUT2D eigenvalue weighted by atomic mass is 9.85. The highest BCUT2D eigenvalue weighted by Gasteiger charge is 2.53. The Kier molecular flexibility index (Phi) is 2.64. The normalized spacial score (nSPS) is 24.8. The zero-order valence-electron chi connectivity index (χ0n) is 9.38. The third kappa shape index (κ3) is 2.14. The van der Waals surface area contributed by atoms with E-state index >= 15 is 0 Å². The smallest absolute Gasteiger partial charge is 0.396 e. The van der Waals surface area contributed by atoms with E-state index in [0.717, 1.165) is 0 Å². The van der Waals surface area contributed by atoms with Gasteiger partial charge in [-0.05, 0) is 24.6 Å². The fourth-order valence-corrected chi connectivity index (χ4v) is 1.81. The summed E-state index contributed by atoms with van der Waals surface area (Å²) in [5.74, 6) is 0. The number of aliphatic imine (C=N–C) groups is 1. The molecule has 0 aromatic heterocycles. The average Bonchev–Trinajstić information content (AvgIpc) is 2.63. The van der Waals surface area contributed by atoms with Crippen LogP contribution in [0.1, 0.15) is 18.9 Å². The van der Waals surface area contributed by atoms with E-state index in [4.69, 9.17) is 5.73 Å². The van der Waals surface area contributed by atoms with E-state index in [1.165, 1.54) is 6.92 Å². The van der Waals surface area contributed by atoms with Crippen molar-refractivity contribution in [2.75, 3.05) is 12.3 Å². The molecule has 1 unspecified atom stereocenters. The Balaban J connectivity index is 2.20. The van der Waals surface area contributed by atoms with Crippen LogP contribution in [0.25, 0.3) is 0 Å². The second-order valence-electron chi connectivity index (χ2n) is 4.62. The fraction of sp³-hybridized carbons (Fsp3) is 0.417. The van der Waals surface area contributed by atoms with Crippen molar-refractivity contribution < 1.29 is 13.2 Å². The number of nitrogen functional groups attached to an aromatic ring is 1. The van der Waals surface area contributed by atoms with Crippen LogP contribution < -0.4 is 5.73 Å². The summed E-state index contributed by atoms with van der Waals surface area (Å²) in [4.78, 5) is 4.01. The molecule has 1 atom stereocenters. The standard InChI is InChI=1S/C12H13F3N2/c1-11(12(13,14)15)6-10(17-7-11)8-2-4-9(16)5-3-8/h2-5H,6-7,16H2,1H3. The minimum atomic E-state index is -4.22. The highest BCUT2D eigenvalue weighted by atomic mass is 19.4. The molecule has 1 heterocycles. The van der Waals surface area contributed by atoms with Crippen LogP contribution in [0.2, 0.25) is 0 Å². The summed E-state index contributed by atoms with van der Waals surface area (Å²) in [5.41, 5.74) is 5.60. The monoisotopic (exact) mass is 242 g/mol. The zero-order chi connectivity index (χ0) is 12.7. The molecule has 0 saturated heterocycles. The number of anilines is 1. The molecule has 1 aliphatic rings. The van der Waals surface area contributed by atoms with Crippen LogP contribution in [-0.4, -0.2) is 18.4 Å². The molecule has 1 aliphatic heterocycles. The molecule has 92 valence electrons. The molecule has 0 bridgehead atoms. The van der Waals surface area contributed by atoms with Crippen molar-refractivity contribution >= 4 is 11.4 Å². The van der Waals surface area contributed by atoms with Gasteiger partial charge in [-0.3, -0.25) is 4.99 Å². The molecule has 0 fully saturated rings. The molecular formula is C12H13F3N2. The minimum Gasteiger partial charge on any atom is -0.399 e. The molecule has 0 spiro atoms. The minimum absolute atomic E-state index is 0.0690. The molecule has 2 N–H and O–H groups in total. The summed E-state index contributed by atoms with van der Waals surface area (Å²) in [5, 5.41) is 0. The number of hydrogen-bond acceptors (Lipinski definition) is 2. The molecule has 0 amide bonds. The number of halogens is 3. The van der Waals surface area contributed by atoms with Gasteiger partial charge in [0, 0.05) is 17.8 Å². The van der Waals surface area contributed by atoms with Crippen LogP contribution in [-0.2, 0) is 0 Å². The lowest BCUT2D eigenvalue weighted by Crippen LogP contribution is -2.36. The van der Waals surface area contributed by atoms with Gasteiger partial charge in [0.15, 0.2) is 0 Å². The van der Waals surface area contributed by atoms with Crippen molar-refractivity contribution in [1.82, 2.24) is 0 Å². The maximum atomic E-state index is 12.8. The Morgan fingerprint density at radius 1 is 1.24 bits per heavy atom. The van der Waals surface area contributed by atoms with Gasteiger partial charge in [0.2, 0.25) is 0 Å². The van der Waals surface area contributed by atoms with Crippen LogP contribution in [0.3, 0.4) is 0 Å². The Morgan fingerprint density at radius 2 is 1.82 bits per heavy atom. The highest BCUT2D eigenvalue weighted by Crippen LogP contribution is 2.44. The largest absolute Gasteiger partial charge is 0.399 e. The average molecular weight is 242 g/mol. The van der Waals surface area contributed by atoms with Crippen LogP contribution in [0.4, 0.5) is 18.9 Å². The Hall–Kier alpha value is -1.52. The van der Waals surface area contributed by atoms with Gasteiger partial charge in [0.1, 0.15) is 0 Å². The second-order valence-corrected chi connectivity index (χ2v) is 4.62. The fourth-order valence-electron chi connectivity index (χ4n) is 1.81. The summed E-state index contributed by atoms with van der Waals surface area (Å²) in [6.07, 6.45) is -4.29. The van der Waals surface area contributed by atoms with Crippen molar-refractivity contribution in [1.29, 1.82) is 0 Å². The number of alkyl halides is 3. The molecule has 5 heteroatoms. The Bertz CT molecular complexity index is 448. The van der Waals surface area contributed by atoms with Gasteiger partial charge < -0.3 is 5.73 Å². The van der Waals surface area contributed by atoms with Crippen molar-refractivity contribution in [3.8, 4) is 0 Å². The first-order valence-electron chi connectivity index (χ1n) is 5.28. The van der Waals surface area contributed by atoms with E-state index in [1.807, 2.05) is 0 Å². The summed E-state index contributed by atoms with van der Waals surface area (Å²) in [7, 11) is 0. The topological polar surface area (TPSA) is 38.4 Å². The van der Waals surface area contributed by atoms with Gasteiger partial charge >= 0.3 is 6.18 Å². The summed E-state index contributed by atoms with van der Waals surface area (Å²) in [6, 6.07) is 6.74. The molecule has 0 saturated carbocycles. The quantitative estimate of drug-likeness (QED) is 0.755. The first-order valence-corrected chi connectivity index (χ1v) is 5.28. The summed E-state index contributed by atoms with van der Waals surface area (Å²) >= 11 is 0. The van der Waals surface area contributed by atoms with Crippen molar-refractivity contribution in [2.24, 2.45) is 10.4 Å². The highest BCUT2D eigenvalue weighted by molar-refractivity contribution is 6.02. The van der Waals surface area contributed by atoms with E-state index in [-0.39, 0.29) is 13.0 Å². The number of hydrogen-bond donors (Lipinski definition) is 1. The van der Waals surface area contributed by atoms with Gasteiger partial charge in [-0.15, -0.1) is 0 Å². The van der Waals surface area contributed by atoms with Crippen LogP contribution in [0, 0.1) is 5.41 Å². The SMILES string of the molecule is CC1(C(F)(F)F)CN=C(c2ccc(N)cc2)C1. The van der Waals surface area contributed by atoms with E-state index in [0.29, 0.717) is 17.0 Å².